The third-order valence-corrected chi connectivity index (χ3v) is 4.12. The molecule has 17 heavy (non-hydrogen) atoms. The van der Waals surface area contributed by atoms with Gasteiger partial charge in [0.1, 0.15) is 0 Å². The zero-order valence-electron chi connectivity index (χ0n) is 10.2. The Morgan fingerprint density at radius 2 is 2.00 bits per heavy atom. The summed E-state index contributed by atoms with van der Waals surface area (Å²) in [4.78, 5) is 2.46. The molecule has 92 valence electrons. The lowest BCUT2D eigenvalue weighted by Gasteiger charge is -2.53. The largest absolute Gasteiger partial charge is 0.381 e. The van der Waals surface area contributed by atoms with Gasteiger partial charge in [-0.1, -0.05) is 12.1 Å². The van der Waals surface area contributed by atoms with E-state index in [9.17, 15) is 0 Å². The second kappa shape index (κ2) is 4.31. The van der Waals surface area contributed by atoms with Crippen molar-refractivity contribution in [3.63, 3.8) is 0 Å². The van der Waals surface area contributed by atoms with Crippen LogP contribution in [0.3, 0.4) is 0 Å². The standard InChI is InChI=1S/C14H20N2O/c15-9-12-2-1-3-13(8-12)16-10-14(11-16)4-6-17-7-5-14/h1-3,8H,4-7,9-11,15H2. The number of ether oxygens (including phenoxy) is 1. The molecular weight excluding hydrogens is 212 g/mol. The van der Waals surface area contributed by atoms with Crippen LogP contribution in [0, 0.1) is 5.41 Å². The molecule has 2 aliphatic heterocycles. The van der Waals surface area contributed by atoms with E-state index in [0.29, 0.717) is 12.0 Å². The highest BCUT2D eigenvalue weighted by Crippen LogP contribution is 2.42. The molecule has 0 unspecified atom stereocenters. The third kappa shape index (κ3) is 2.05. The molecule has 2 N–H and O–H groups in total. The SMILES string of the molecule is NCc1cccc(N2CC3(CCOCC3)C2)c1. The summed E-state index contributed by atoms with van der Waals surface area (Å²) in [6.07, 6.45) is 2.44. The van der Waals surface area contributed by atoms with Gasteiger partial charge in [0, 0.05) is 44.0 Å². The lowest BCUT2D eigenvalue weighted by Crippen LogP contribution is -2.58. The average molecular weight is 232 g/mol. The summed E-state index contributed by atoms with van der Waals surface area (Å²) >= 11 is 0. The minimum atomic E-state index is 0.539. The molecule has 2 fully saturated rings. The Morgan fingerprint density at radius 1 is 1.24 bits per heavy atom. The van der Waals surface area contributed by atoms with Crippen LogP contribution in [-0.2, 0) is 11.3 Å². The fraction of sp³-hybridized carbons (Fsp3) is 0.571. The van der Waals surface area contributed by atoms with Crippen LogP contribution in [-0.4, -0.2) is 26.3 Å². The van der Waals surface area contributed by atoms with Gasteiger partial charge in [-0.2, -0.15) is 0 Å². The normalized spacial score (nSPS) is 22.5. The predicted molar refractivity (Wildman–Crippen MR) is 69.0 cm³/mol. The molecule has 3 heteroatoms. The Morgan fingerprint density at radius 3 is 2.71 bits per heavy atom. The highest BCUT2D eigenvalue weighted by molar-refractivity contribution is 5.51. The van der Waals surface area contributed by atoms with Crippen LogP contribution in [0.5, 0.6) is 0 Å². The Balaban J connectivity index is 1.67. The van der Waals surface area contributed by atoms with Gasteiger partial charge >= 0.3 is 0 Å². The lowest BCUT2D eigenvalue weighted by molar-refractivity contribution is -0.000194. The van der Waals surface area contributed by atoms with Crippen molar-refractivity contribution < 1.29 is 4.74 Å². The van der Waals surface area contributed by atoms with E-state index in [1.165, 1.54) is 37.2 Å². The van der Waals surface area contributed by atoms with Gasteiger partial charge in [0.15, 0.2) is 0 Å². The molecule has 0 amide bonds. The summed E-state index contributed by atoms with van der Waals surface area (Å²) in [6, 6.07) is 8.59. The first-order chi connectivity index (χ1) is 8.31. The van der Waals surface area contributed by atoms with Crippen molar-refractivity contribution in [1.82, 2.24) is 0 Å². The maximum atomic E-state index is 5.68. The molecule has 2 heterocycles. The zero-order chi connectivity index (χ0) is 11.7. The molecule has 1 spiro atoms. The average Bonchev–Trinajstić information content (AvgIpc) is 2.37. The van der Waals surface area contributed by atoms with Crippen molar-refractivity contribution in [2.75, 3.05) is 31.2 Å². The van der Waals surface area contributed by atoms with E-state index in [0.717, 1.165) is 13.2 Å². The summed E-state index contributed by atoms with van der Waals surface area (Å²) in [6.45, 7) is 4.88. The van der Waals surface area contributed by atoms with Gasteiger partial charge in [0.2, 0.25) is 0 Å². The Labute approximate surface area is 103 Å². The zero-order valence-corrected chi connectivity index (χ0v) is 10.2. The summed E-state index contributed by atoms with van der Waals surface area (Å²) in [5.41, 5.74) is 8.76. The van der Waals surface area contributed by atoms with Crippen LogP contribution < -0.4 is 10.6 Å². The fourth-order valence-electron chi connectivity index (χ4n) is 2.95. The van der Waals surface area contributed by atoms with E-state index >= 15 is 0 Å². The minimum Gasteiger partial charge on any atom is -0.381 e. The van der Waals surface area contributed by atoms with Crippen LogP contribution in [0.2, 0.25) is 0 Å². The number of rotatable bonds is 2. The molecule has 0 aromatic heterocycles. The van der Waals surface area contributed by atoms with E-state index in [2.05, 4.69) is 29.2 Å². The van der Waals surface area contributed by atoms with E-state index in [4.69, 9.17) is 10.5 Å². The summed E-state index contributed by atoms with van der Waals surface area (Å²) in [7, 11) is 0. The van der Waals surface area contributed by atoms with E-state index in [-0.39, 0.29) is 0 Å². The number of benzene rings is 1. The number of anilines is 1. The van der Waals surface area contributed by atoms with Crippen LogP contribution in [0.4, 0.5) is 5.69 Å². The fourth-order valence-corrected chi connectivity index (χ4v) is 2.95. The number of nitrogens with two attached hydrogens (primary N) is 1. The highest BCUT2D eigenvalue weighted by Gasteiger charge is 2.43. The molecule has 0 bridgehead atoms. The molecule has 2 saturated heterocycles. The van der Waals surface area contributed by atoms with Gasteiger partial charge in [-0.3, -0.25) is 0 Å². The first kappa shape index (κ1) is 11.1. The van der Waals surface area contributed by atoms with Crippen molar-refractivity contribution in [3.05, 3.63) is 29.8 Å². The lowest BCUT2D eigenvalue weighted by atomic mass is 9.73. The molecule has 0 atom stereocenters. The maximum Gasteiger partial charge on any atom is 0.0472 e. The number of nitrogens with zero attached hydrogens (tertiary/aromatic N) is 1. The Bertz CT molecular complexity index is 391. The van der Waals surface area contributed by atoms with Crippen molar-refractivity contribution in [1.29, 1.82) is 0 Å². The monoisotopic (exact) mass is 232 g/mol. The second-order valence-electron chi connectivity index (χ2n) is 5.34. The van der Waals surface area contributed by atoms with E-state index in [1.54, 1.807) is 0 Å². The Kier molecular flexibility index (Phi) is 2.81. The molecule has 3 rings (SSSR count). The maximum absolute atomic E-state index is 5.68. The van der Waals surface area contributed by atoms with E-state index < -0.39 is 0 Å². The molecule has 0 aliphatic carbocycles. The number of hydrogen-bond donors (Lipinski definition) is 1. The first-order valence-electron chi connectivity index (χ1n) is 6.43. The smallest absolute Gasteiger partial charge is 0.0472 e. The van der Waals surface area contributed by atoms with Crippen LogP contribution in [0.1, 0.15) is 18.4 Å². The van der Waals surface area contributed by atoms with Gasteiger partial charge in [0.05, 0.1) is 0 Å². The van der Waals surface area contributed by atoms with Crippen molar-refractivity contribution >= 4 is 5.69 Å². The molecule has 3 nitrogen and oxygen atoms in total. The third-order valence-electron chi connectivity index (χ3n) is 4.12. The molecule has 1 aromatic carbocycles. The Hall–Kier alpha value is -1.06. The van der Waals surface area contributed by atoms with Crippen molar-refractivity contribution in [3.8, 4) is 0 Å². The van der Waals surface area contributed by atoms with Gasteiger partial charge in [-0.15, -0.1) is 0 Å². The first-order valence-corrected chi connectivity index (χ1v) is 6.43. The highest BCUT2D eigenvalue weighted by atomic mass is 16.5. The summed E-state index contributed by atoms with van der Waals surface area (Å²) < 4.78 is 5.44. The molecule has 1 aromatic rings. The molecular formula is C14H20N2O. The summed E-state index contributed by atoms with van der Waals surface area (Å²) in [5, 5.41) is 0. The van der Waals surface area contributed by atoms with Gasteiger partial charge in [-0.25, -0.2) is 0 Å². The second-order valence-corrected chi connectivity index (χ2v) is 5.34. The van der Waals surface area contributed by atoms with Crippen LogP contribution in [0.25, 0.3) is 0 Å². The van der Waals surface area contributed by atoms with Crippen molar-refractivity contribution in [2.24, 2.45) is 11.1 Å². The van der Waals surface area contributed by atoms with Crippen molar-refractivity contribution in [2.45, 2.75) is 19.4 Å². The minimum absolute atomic E-state index is 0.539. The van der Waals surface area contributed by atoms with Gasteiger partial charge in [0.25, 0.3) is 0 Å². The quantitative estimate of drug-likeness (QED) is 0.844. The van der Waals surface area contributed by atoms with Crippen LogP contribution in [0.15, 0.2) is 24.3 Å². The summed E-state index contributed by atoms with van der Waals surface area (Å²) in [5.74, 6) is 0. The van der Waals surface area contributed by atoms with Crippen LogP contribution >= 0.6 is 0 Å². The predicted octanol–water partition coefficient (Wildman–Crippen LogP) is 1.76. The number of hydrogen-bond acceptors (Lipinski definition) is 3. The van der Waals surface area contributed by atoms with E-state index in [1.807, 2.05) is 0 Å². The molecule has 0 radical (unpaired) electrons. The van der Waals surface area contributed by atoms with Gasteiger partial charge < -0.3 is 15.4 Å². The topological polar surface area (TPSA) is 38.5 Å². The molecule has 2 aliphatic rings. The van der Waals surface area contributed by atoms with Gasteiger partial charge in [-0.05, 0) is 30.5 Å². The molecule has 0 saturated carbocycles.